The summed E-state index contributed by atoms with van der Waals surface area (Å²) in [7, 11) is -3.68. The van der Waals surface area contributed by atoms with E-state index >= 15 is 0 Å². The lowest BCUT2D eigenvalue weighted by Crippen LogP contribution is -2.47. The number of rotatable bonds is 6. The van der Waals surface area contributed by atoms with Crippen LogP contribution in [-0.2, 0) is 14.8 Å². The van der Waals surface area contributed by atoms with Crippen LogP contribution in [0.5, 0.6) is 5.75 Å². The molecule has 2 fully saturated rings. The zero-order valence-corrected chi connectivity index (χ0v) is 18.9. The van der Waals surface area contributed by atoms with Gasteiger partial charge in [0.1, 0.15) is 17.3 Å². The number of hydrogen-bond acceptors (Lipinski definition) is 6. The summed E-state index contributed by atoms with van der Waals surface area (Å²) < 4.78 is 39.4. The molecule has 9 heteroatoms. The minimum atomic E-state index is -3.68. The van der Waals surface area contributed by atoms with E-state index < -0.39 is 10.0 Å². The molecule has 33 heavy (non-hydrogen) atoms. The Hall–Kier alpha value is -3.17. The van der Waals surface area contributed by atoms with Gasteiger partial charge in [0.25, 0.3) is 0 Å². The molecule has 1 unspecified atom stereocenters. The number of piperidine rings is 1. The standard InChI is InChI=1S/C24H25N3O5S/c28-24-27(16-21(32-24)17-31-20-8-2-1-3-9-20)19-11-14-26(15-12-19)33(29,30)22-10-4-6-18-7-5-13-25-23(18)22/h1-10,13,19,21H,11-12,14-17H2. The van der Waals surface area contributed by atoms with Crippen LogP contribution < -0.4 is 4.74 Å². The summed E-state index contributed by atoms with van der Waals surface area (Å²) in [5.74, 6) is 0.730. The van der Waals surface area contributed by atoms with Crippen LogP contribution in [0.3, 0.4) is 0 Å². The third-order valence-corrected chi connectivity index (χ3v) is 8.09. The van der Waals surface area contributed by atoms with Gasteiger partial charge in [-0.05, 0) is 37.1 Å². The molecular weight excluding hydrogens is 442 g/mol. The summed E-state index contributed by atoms with van der Waals surface area (Å²) >= 11 is 0. The number of cyclic esters (lactones) is 1. The number of sulfonamides is 1. The van der Waals surface area contributed by atoms with Crippen molar-refractivity contribution >= 4 is 27.0 Å². The summed E-state index contributed by atoms with van der Waals surface area (Å²) in [6.07, 6.45) is 2.00. The maximum Gasteiger partial charge on any atom is 0.410 e. The maximum absolute atomic E-state index is 13.3. The average Bonchev–Trinajstić information content (AvgIpc) is 3.23. The monoisotopic (exact) mass is 467 g/mol. The third-order valence-electron chi connectivity index (χ3n) is 6.16. The number of carbonyl (C=O) groups is 1. The highest BCUT2D eigenvalue weighted by Crippen LogP contribution is 2.29. The molecule has 1 amide bonds. The first kappa shape index (κ1) is 21.7. The summed E-state index contributed by atoms with van der Waals surface area (Å²) in [6, 6.07) is 18.2. The smallest absolute Gasteiger partial charge is 0.410 e. The van der Waals surface area contributed by atoms with E-state index in [2.05, 4.69) is 4.98 Å². The third kappa shape index (κ3) is 4.38. The van der Waals surface area contributed by atoms with Crippen molar-refractivity contribution in [1.29, 1.82) is 0 Å². The van der Waals surface area contributed by atoms with Gasteiger partial charge >= 0.3 is 6.09 Å². The van der Waals surface area contributed by atoms with Crippen molar-refractivity contribution < 1.29 is 22.7 Å². The topological polar surface area (TPSA) is 89.0 Å². The normalized spacial score (nSPS) is 20.2. The molecule has 172 valence electrons. The van der Waals surface area contributed by atoms with Crippen molar-refractivity contribution in [2.45, 2.75) is 29.9 Å². The van der Waals surface area contributed by atoms with Crippen LogP contribution in [0.1, 0.15) is 12.8 Å². The van der Waals surface area contributed by atoms with Crippen LogP contribution in [0.2, 0.25) is 0 Å². The van der Waals surface area contributed by atoms with Crippen molar-refractivity contribution in [2.75, 3.05) is 26.2 Å². The fourth-order valence-electron chi connectivity index (χ4n) is 4.45. The minimum absolute atomic E-state index is 0.0590. The van der Waals surface area contributed by atoms with E-state index in [0.29, 0.717) is 38.0 Å². The van der Waals surface area contributed by atoms with Gasteiger partial charge in [0, 0.05) is 30.7 Å². The molecule has 2 aliphatic heterocycles. The lowest BCUT2D eigenvalue weighted by molar-refractivity contribution is 0.0999. The van der Waals surface area contributed by atoms with Crippen LogP contribution in [-0.4, -0.2) is 67.1 Å². The molecule has 2 aromatic carbocycles. The van der Waals surface area contributed by atoms with Gasteiger partial charge in [0.2, 0.25) is 10.0 Å². The molecule has 0 bridgehead atoms. The van der Waals surface area contributed by atoms with Gasteiger partial charge in [0.05, 0.1) is 12.1 Å². The van der Waals surface area contributed by atoms with E-state index in [-0.39, 0.29) is 29.7 Å². The number of nitrogens with zero attached hydrogens (tertiary/aromatic N) is 3. The Kier molecular flexibility index (Phi) is 5.90. The van der Waals surface area contributed by atoms with Crippen LogP contribution in [0, 0.1) is 0 Å². The highest BCUT2D eigenvalue weighted by molar-refractivity contribution is 7.89. The second kappa shape index (κ2) is 8.99. The Balaban J connectivity index is 1.21. The highest BCUT2D eigenvalue weighted by Gasteiger charge is 2.39. The van der Waals surface area contributed by atoms with Crippen molar-refractivity contribution in [1.82, 2.24) is 14.2 Å². The number of ether oxygens (including phenoxy) is 2. The van der Waals surface area contributed by atoms with Crippen molar-refractivity contribution in [3.63, 3.8) is 0 Å². The number of aromatic nitrogens is 1. The second-order valence-corrected chi connectivity index (χ2v) is 10.2. The molecule has 0 radical (unpaired) electrons. The minimum Gasteiger partial charge on any atom is -0.490 e. The van der Waals surface area contributed by atoms with Crippen LogP contribution in [0.25, 0.3) is 10.9 Å². The summed E-state index contributed by atoms with van der Waals surface area (Å²) in [6.45, 7) is 1.40. The van der Waals surface area contributed by atoms with Crippen LogP contribution in [0.15, 0.2) is 71.8 Å². The van der Waals surface area contributed by atoms with Gasteiger partial charge in [-0.25, -0.2) is 13.2 Å². The first-order chi connectivity index (χ1) is 16.0. The van der Waals surface area contributed by atoms with Crippen molar-refractivity contribution in [3.8, 4) is 5.75 Å². The van der Waals surface area contributed by atoms with Crippen LogP contribution in [0.4, 0.5) is 4.79 Å². The maximum atomic E-state index is 13.3. The van der Waals surface area contributed by atoms with Crippen molar-refractivity contribution in [2.24, 2.45) is 0 Å². The van der Waals surface area contributed by atoms with Gasteiger partial charge in [-0.3, -0.25) is 4.98 Å². The Morgan fingerprint density at radius 1 is 1.00 bits per heavy atom. The van der Waals surface area contributed by atoms with E-state index in [0.717, 1.165) is 11.1 Å². The molecule has 3 aromatic rings. The SMILES string of the molecule is O=C1OC(COc2ccccc2)CN1C1CCN(S(=O)(=O)c2cccc3cccnc23)CC1. The first-order valence-electron chi connectivity index (χ1n) is 11.0. The molecule has 0 saturated carbocycles. The second-order valence-electron chi connectivity index (χ2n) is 8.25. The Morgan fingerprint density at radius 3 is 2.55 bits per heavy atom. The number of fused-ring (bicyclic) bond motifs is 1. The molecule has 1 atom stereocenters. The fourth-order valence-corrected chi connectivity index (χ4v) is 6.09. The van der Waals surface area contributed by atoms with Gasteiger partial charge in [-0.15, -0.1) is 0 Å². The number of amides is 1. The van der Waals surface area contributed by atoms with Gasteiger partial charge in [0.15, 0.2) is 6.10 Å². The number of hydrogen-bond donors (Lipinski definition) is 0. The number of carbonyl (C=O) groups excluding carboxylic acids is 1. The van der Waals surface area contributed by atoms with E-state index in [1.807, 2.05) is 42.5 Å². The molecular formula is C24H25N3O5S. The predicted octanol–water partition coefficient (Wildman–Crippen LogP) is 3.29. The summed E-state index contributed by atoms with van der Waals surface area (Å²) in [5, 5.41) is 0.789. The summed E-state index contributed by atoms with van der Waals surface area (Å²) in [4.78, 5) is 18.7. The molecule has 0 aliphatic carbocycles. The summed E-state index contributed by atoms with van der Waals surface area (Å²) in [5.41, 5.74) is 0.478. The Bertz CT molecular complexity index is 1240. The van der Waals surface area contributed by atoms with Gasteiger partial charge in [-0.2, -0.15) is 4.31 Å². The van der Waals surface area contributed by atoms with Crippen LogP contribution >= 0.6 is 0 Å². The molecule has 1 aromatic heterocycles. The number of benzene rings is 2. The molecule has 0 spiro atoms. The molecule has 3 heterocycles. The lowest BCUT2D eigenvalue weighted by atomic mass is 10.1. The molecule has 2 saturated heterocycles. The predicted molar refractivity (Wildman–Crippen MR) is 122 cm³/mol. The van der Waals surface area contributed by atoms with Crippen molar-refractivity contribution in [3.05, 3.63) is 66.9 Å². The van der Waals surface area contributed by atoms with E-state index in [9.17, 15) is 13.2 Å². The Labute approximate surface area is 192 Å². The number of para-hydroxylation sites is 2. The highest BCUT2D eigenvalue weighted by atomic mass is 32.2. The fraction of sp³-hybridized carbons (Fsp3) is 0.333. The van der Waals surface area contributed by atoms with E-state index in [1.165, 1.54) is 4.31 Å². The number of pyridine rings is 1. The van der Waals surface area contributed by atoms with Gasteiger partial charge < -0.3 is 14.4 Å². The molecule has 2 aliphatic rings. The largest absolute Gasteiger partial charge is 0.490 e. The lowest BCUT2D eigenvalue weighted by Gasteiger charge is -2.35. The molecule has 5 rings (SSSR count). The quantitative estimate of drug-likeness (QED) is 0.553. The zero-order valence-electron chi connectivity index (χ0n) is 18.0. The first-order valence-corrected chi connectivity index (χ1v) is 12.5. The average molecular weight is 468 g/mol. The zero-order chi connectivity index (χ0) is 22.8. The van der Waals surface area contributed by atoms with E-state index in [4.69, 9.17) is 9.47 Å². The molecule has 8 nitrogen and oxygen atoms in total. The van der Waals surface area contributed by atoms with Gasteiger partial charge in [-0.1, -0.05) is 36.4 Å². The molecule has 0 N–H and O–H groups in total. The Morgan fingerprint density at radius 2 is 1.76 bits per heavy atom. The van der Waals surface area contributed by atoms with E-state index in [1.54, 1.807) is 29.3 Å².